The van der Waals surface area contributed by atoms with Crippen molar-refractivity contribution in [1.29, 1.82) is 0 Å². The van der Waals surface area contributed by atoms with Crippen LogP contribution in [0.15, 0.2) is 24.3 Å². The topological polar surface area (TPSA) is 35.2 Å². The molecule has 2 aliphatic rings. The lowest BCUT2D eigenvalue weighted by Crippen LogP contribution is -2.38. The molecule has 3 rings (SSSR count). The predicted octanol–water partition coefficient (Wildman–Crippen LogP) is 4.23. The van der Waals surface area contributed by atoms with Crippen molar-refractivity contribution in [3.63, 3.8) is 0 Å². The zero-order valence-electron chi connectivity index (χ0n) is 13.9. The average Bonchev–Trinajstić information content (AvgIpc) is 2.77. The molecule has 0 spiro atoms. The van der Waals surface area contributed by atoms with E-state index in [-0.39, 0.29) is 6.04 Å². The molecule has 0 amide bonds. The molecule has 1 aromatic carbocycles. The molecule has 4 atom stereocenters. The number of aryl methyl sites for hydroxylation is 1. The van der Waals surface area contributed by atoms with Crippen molar-refractivity contribution in [3.8, 4) is 0 Å². The van der Waals surface area contributed by atoms with Crippen LogP contribution >= 0.6 is 0 Å². The highest BCUT2D eigenvalue weighted by Crippen LogP contribution is 2.66. The molecular weight excluding hydrogens is 258 g/mol. The zero-order valence-corrected chi connectivity index (χ0v) is 13.9. The molecule has 2 aliphatic carbocycles. The Labute approximate surface area is 129 Å². The minimum Gasteiger partial charge on any atom is -0.376 e. The second-order valence-corrected chi connectivity index (χ2v) is 7.95. The van der Waals surface area contributed by atoms with Gasteiger partial charge < -0.3 is 10.5 Å². The van der Waals surface area contributed by atoms with Gasteiger partial charge in [-0.3, -0.25) is 0 Å². The first-order valence-corrected chi connectivity index (χ1v) is 8.28. The van der Waals surface area contributed by atoms with E-state index in [0.29, 0.717) is 23.5 Å². The van der Waals surface area contributed by atoms with E-state index in [4.69, 9.17) is 10.5 Å². The van der Waals surface area contributed by atoms with Crippen LogP contribution in [0, 0.1) is 23.7 Å². The van der Waals surface area contributed by atoms with E-state index >= 15 is 0 Å². The molecule has 2 heteroatoms. The molecule has 2 saturated carbocycles. The van der Waals surface area contributed by atoms with Gasteiger partial charge in [0.1, 0.15) is 0 Å². The van der Waals surface area contributed by atoms with E-state index in [1.807, 2.05) is 0 Å². The first kappa shape index (κ1) is 15.1. The molecule has 2 nitrogen and oxygen atoms in total. The van der Waals surface area contributed by atoms with Crippen molar-refractivity contribution in [1.82, 2.24) is 0 Å². The lowest BCUT2D eigenvalue weighted by molar-refractivity contribution is -0.0510. The molecule has 0 aromatic heterocycles. The highest BCUT2D eigenvalue weighted by atomic mass is 16.5. The minimum absolute atomic E-state index is 0.0178. The Bertz CT molecular complexity index is 524. The number of hydrogen-bond donors (Lipinski definition) is 1. The Hall–Kier alpha value is -0.860. The summed E-state index contributed by atoms with van der Waals surface area (Å²) in [4.78, 5) is 0. The zero-order chi connectivity index (χ0) is 15.3. The van der Waals surface area contributed by atoms with Crippen LogP contribution in [0.1, 0.15) is 57.2 Å². The van der Waals surface area contributed by atoms with Gasteiger partial charge in [-0.05, 0) is 48.5 Å². The van der Waals surface area contributed by atoms with Gasteiger partial charge in [-0.2, -0.15) is 0 Å². The van der Waals surface area contributed by atoms with E-state index in [0.717, 1.165) is 5.92 Å². The summed E-state index contributed by atoms with van der Waals surface area (Å²) in [5, 5.41) is 0. The maximum absolute atomic E-state index is 6.33. The summed E-state index contributed by atoms with van der Waals surface area (Å²) in [7, 11) is 0. The van der Waals surface area contributed by atoms with Gasteiger partial charge in [-0.15, -0.1) is 0 Å². The van der Waals surface area contributed by atoms with Crippen LogP contribution in [-0.2, 0) is 4.74 Å². The van der Waals surface area contributed by atoms with Crippen molar-refractivity contribution in [2.75, 3.05) is 6.61 Å². The molecule has 21 heavy (non-hydrogen) atoms. The van der Waals surface area contributed by atoms with Gasteiger partial charge in [0.15, 0.2) is 0 Å². The highest BCUT2D eigenvalue weighted by Gasteiger charge is 2.61. The summed E-state index contributed by atoms with van der Waals surface area (Å²) >= 11 is 0. The van der Waals surface area contributed by atoms with Crippen molar-refractivity contribution >= 4 is 0 Å². The molecule has 2 N–H and O–H groups in total. The Morgan fingerprint density at radius 2 is 2.10 bits per heavy atom. The fourth-order valence-electron chi connectivity index (χ4n) is 4.60. The number of benzene rings is 1. The SMILES string of the molecule is Cc1cccc(C(N)COC2CC3CCC2(C)C3(C)C)c1. The van der Waals surface area contributed by atoms with Crippen LogP contribution in [0.4, 0.5) is 0 Å². The van der Waals surface area contributed by atoms with Gasteiger partial charge in [0, 0.05) is 0 Å². The maximum Gasteiger partial charge on any atom is 0.0663 e. The molecule has 1 aromatic rings. The summed E-state index contributed by atoms with van der Waals surface area (Å²) in [6, 6.07) is 8.44. The smallest absolute Gasteiger partial charge is 0.0663 e. The first-order valence-electron chi connectivity index (χ1n) is 8.28. The van der Waals surface area contributed by atoms with Crippen LogP contribution < -0.4 is 5.73 Å². The van der Waals surface area contributed by atoms with Gasteiger partial charge >= 0.3 is 0 Å². The lowest BCUT2D eigenvalue weighted by Gasteiger charge is -2.39. The largest absolute Gasteiger partial charge is 0.376 e. The molecule has 4 unspecified atom stereocenters. The van der Waals surface area contributed by atoms with Gasteiger partial charge in [-0.25, -0.2) is 0 Å². The number of nitrogens with two attached hydrogens (primary N) is 1. The standard InChI is InChI=1S/C19H29NO/c1-13-6-5-7-14(10-13)16(20)12-21-17-11-15-8-9-19(17,4)18(15,2)3/h5-7,10,15-17H,8-9,11-12,20H2,1-4H3. The fraction of sp³-hybridized carbons (Fsp3) is 0.684. The maximum atomic E-state index is 6.33. The van der Waals surface area contributed by atoms with E-state index in [2.05, 4.69) is 52.0 Å². The van der Waals surface area contributed by atoms with Gasteiger partial charge in [0.25, 0.3) is 0 Å². The van der Waals surface area contributed by atoms with E-state index < -0.39 is 0 Å². The van der Waals surface area contributed by atoms with Crippen LogP contribution in [-0.4, -0.2) is 12.7 Å². The third-order valence-electron chi connectivity index (χ3n) is 6.66. The quantitative estimate of drug-likeness (QED) is 0.899. The molecule has 0 saturated heterocycles. The van der Waals surface area contributed by atoms with Crippen LogP contribution in [0.5, 0.6) is 0 Å². The molecule has 116 valence electrons. The Morgan fingerprint density at radius 3 is 2.67 bits per heavy atom. The summed E-state index contributed by atoms with van der Waals surface area (Å²) in [5.41, 5.74) is 9.50. The third-order valence-corrected chi connectivity index (χ3v) is 6.66. The van der Waals surface area contributed by atoms with E-state index in [1.54, 1.807) is 0 Å². The summed E-state index contributed by atoms with van der Waals surface area (Å²) in [6.07, 6.45) is 4.26. The molecule has 0 aliphatic heterocycles. The van der Waals surface area contributed by atoms with Crippen molar-refractivity contribution in [3.05, 3.63) is 35.4 Å². The predicted molar refractivity (Wildman–Crippen MR) is 87.1 cm³/mol. The molecule has 2 fully saturated rings. The highest BCUT2D eigenvalue weighted by molar-refractivity contribution is 5.24. The normalized spacial score (nSPS) is 35.1. The van der Waals surface area contributed by atoms with Crippen molar-refractivity contribution < 1.29 is 4.74 Å². The lowest BCUT2D eigenvalue weighted by atomic mass is 9.70. The molecule has 0 heterocycles. The van der Waals surface area contributed by atoms with Crippen molar-refractivity contribution in [2.45, 2.75) is 59.1 Å². The number of fused-ring (bicyclic) bond motifs is 2. The van der Waals surface area contributed by atoms with E-state index in [9.17, 15) is 0 Å². The van der Waals surface area contributed by atoms with E-state index in [1.165, 1.54) is 30.4 Å². The van der Waals surface area contributed by atoms with Gasteiger partial charge in [0.2, 0.25) is 0 Å². The summed E-state index contributed by atoms with van der Waals surface area (Å²) in [5.74, 6) is 0.822. The van der Waals surface area contributed by atoms with Crippen LogP contribution in [0.3, 0.4) is 0 Å². The monoisotopic (exact) mass is 287 g/mol. The third kappa shape index (κ3) is 2.33. The van der Waals surface area contributed by atoms with Gasteiger partial charge in [0.05, 0.1) is 18.8 Å². The van der Waals surface area contributed by atoms with Crippen LogP contribution in [0.2, 0.25) is 0 Å². The fourth-order valence-corrected chi connectivity index (χ4v) is 4.60. The minimum atomic E-state index is -0.0178. The van der Waals surface area contributed by atoms with Gasteiger partial charge in [-0.1, -0.05) is 50.6 Å². The Kier molecular flexibility index (Phi) is 3.66. The Balaban J connectivity index is 1.64. The average molecular weight is 287 g/mol. The second kappa shape index (κ2) is 5.10. The molecule has 0 radical (unpaired) electrons. The van der Waals surface area contributed by atoms with Crippen molar-refractivity contribution in [2.24, 2.45) is 22.5 Å². The number of hydrogen-bond acceptors (Lipinski definition) is 2. The molecule has 2 bridgehead atoms. The number of ether oxygens (including phenoxy) is 1. The second-order valence-electron chi connectivity index (χ2n) is 7.95. The summed E-state index contributed by atoms with van der Waals surface area (Å²) < 4.78 is 6.31. The summed E-state index contributed by atoms with van der Waals surface area (Å²) in [6.45, 7) is 10.0. The molecular formula is C19H29NO. The Morgan fingerprint density at radius 1 is 1.33 bits per heavy atom. The van der Waals surface area contributed by atoms with Crippen LogP contribution in [0.25, 0.3) is 0 Å². The first-order chi connectivity index (χ1) is 9.84. The number of rotatable bonds is 4.